The number of nitrogens with zero attached hydrogens (tertiary/aromatic N) is 2. The molecule has 0 N–H and O–H groups in total. The van der Waals surface area contributed by atoms with Crippen LogP contribution in [-0.2, 0) is 5.75 Å². The Morgan fingerprint density at radius 1 is 1.57 bits per heavy atom. The number of rotatable bonds is 3. The minimum absolute atomic E-state index is 0.609. The average Bonchev–Trinajstić information content (AvgIpc) is 2.72. The molecule has 6 heteroatoms. The Morgan fingerprint density at radius 3 is 3.00 bits per heavy atom. The predicted octanol–water partition coefficient (Wildman–Crippen LogP) is 3.49. The summed E-state index contributed by atoms with van der Waals surface area (Å²) in [5, 5.41) is 10.4. The van der Waals surface area contributed by atoms with Gasteiger partial charge < -0.3 is 4.42 Å². The summed E-state index contributed by atoms with van der Waals surface area (Å²) >= 11 is 6.75. The lowest BCUT2D eigenvalue weighted by atomic mass is 10.5. The average molecular weight is 291 g/mol. The van der Waals surface area contributed by atoms with Gasteiger partial charge in [0.05, 0.1) is 0 Å². The molecular weight excluding hydrogens is 284 g/mol. The fourth-order valence-corrected chi connectivity index (χ4v) is 3.49. The van der Waals surface area contributed by atoms with Crippen molar-refractivity contribution in [2.75, 3.05) is 0 Å². The van der Waals surface area contributed by atoms with Gasteiger partial charge >= 0.3 is 0 Å². The Kier molecular flexibility index (Phi) is 3.25. The van der Waals surface area contributed by atoms with E-state index in [4.69, 9.17) is 4.42 Å². The van der Waals surface area contributed by atoms with Gasteiger partial charge in [-0.25, -0.2) is 0 Å². The molecule has 0 saturated heterocycles. The number of thiophene rings is 1. The van der Waals surface area contributed by atoms with E-state index in [2.05, 4.69) is 31.5 Å². The summed E-state index contributed by atoms with van der Waals surface area (Å²) < 4.78 is 6.40. The maximum absolute atomic E-state index is 5.25. The van der Waals surface area contributed by atoms with Crippen molar-refractivity contribution in [3.05, 3.63) is 26.7 Å². The fourth-order valence-electron chi connectivity index (χ4n) is 0.892. The molecule has 0 unspecified atom stereocenters. The third-order valence-electron chi connectivity index (χ3n) is 1.53. The normalized spacial score (nSPS) is 10.7. The maximum Gasteiger partial charge on any atom is 0.276 e. The molecule has 14 heavy (non-hydrogen) atoms. The SMILES string of the molecule is Cc1nnc(SCc2sccc2Br)o1. The Hall–Kier alpha value is -0.330. The first-order valence-electron chi connectivity index (χ1n) is 3.90. The van der Waals surface area contributed by atoms with E-state index in [1.165, 1.54) is 4.88 Å². The van der Waals surface area contributed by atoms with E-state index in [0.29, 0.717) is 11.1 Å². The van der Waals surface area contributed by atoms with Gasteiger partial charge in [0, 0.05) is 22.0 Å². The lowest BCUT2D eigenvalue weighted by molar-refractivity contribution is 0.429. The first-order chi connectivity index (χ1) is 6.75. The van der Waals surface area contributed by atoms with Crippen LogP contribution in [0.4, 0.5) is 0 Å². The molecule has 2 rings (SSSR count). The largest absolute Gasteiger partial charge is 0.416 e. The second kappa shape index (κ2) is 4.46. The van der Waals surface area contributed by atoms with E-state index in [-0.39, 0.29) is 0 Å². The van der Waals surface area contributed by atoms with Crippen LogP contribution in [0, 0.1) is 6.92 Å². The van der Waals surface area contributed by atoms with Crippen molar-refractivity contribution in [2.45, 2.75) is 17.9 Å². The van der Waals surface area contributed by atoms with E-state index >= 15 is 0 Å². The highest BCUT2D eigenvalue weighted by molar-refractivity contribution is 9.10. The van der Waals surface area contributed by atoms with Gasteiger partial charge in [-0.1, -0.05) is 11.8 Å². The number of hydrogen-bond acceptors (Lipinski definition) is 5. The van der Waals surface area contributed by atoms with Crippen molar-refractivity contribution >= 4 is 39.0 Å². The zero-order valence-corrected chi connectivity index (χ0v) is 10.6. The molecule has 0 radical (unpaired) electrons. The molecule has 0 bridgehead atoms. The highest BCUT2D eigenvalue weighted by Gasteiger charge is 2.06. The molecule has 0 aliphatic heterocycles. The zero-order valence-electron chi connectivity index (χ0n) is 7.36. The second-order valence-electron chi connectivity index (χ2n) is 2.57. The summed E-state index contributed by atoms with van der Waals surface area (Å²) in [6.07, 6.45) is 0. The number of aromatic nitrogens is 2. The van der Waals surface area contributed by atoms with Crippen molar-refractivity contribution in [1.82, 2.24) is 10.2 Å². The summed E-state index contributed by atoms with van der Waals surface area (Å²) in [5.41, 5.74) is 0. The first-order valence-corrected chi connectivity index (χ1v) is 6.56. The molecular formula is C8H7BrN2OS2. The number of hydrogen-bond donors (Lipinski definition) is 0. The molecule has 3 nitrogen and oxygen atoms in total. The second-order valence-corrected chi connectivity index (χ2v) is 5.35. The van der Waals surface area contributed by atoms with Crippen molar-refractivity contribution in [3.8, 4) is 0 Å². The predicted molar refractivity (Wildman–Crippen MR) is 60.6 cm³/mol. The van der Waals surface area contributed by atoms with Gasteiger partial charge in [0.2, 0.25) is 5.89 Å². The van der Waals surface area contributed by atoms with Gasteiger partial charge in [-0.15, -0.1) is 21.5 Å². The number of thioether (sulfide) groups is 1. The van der Waals surface area contributed by atoms with Gasteiger partial charge in [0.1, 0.15) is 0 Å². The minimum atomic E-state index is 0.609. The summed E-state index contributed by atoms with van der Waals surface area (Å²) in [7, 11) is 0. The van der Waals surface area contributed by atoms with Crippen LogP contribution in [0.3, 0.4) is 0 Å². The molecule has 0 spiro atoms. The Balaban J connectivity index is 1.98. The van der Waals surface area contributed by atoms with E-state index < -0.39 is 0 Å². The smallest absolute Gasteiger partial charge is 0.276 e. The minimum Gasteiger partial charge on any atom is -0.416 e. The van der Waals surface area contributed by atoms with E-state index in [9.17, 15) is 0 Å². The van der Waals surface area contributed by atoms with Crippen molar-refractivity contribution < 1.29 is 4.42 Å². The third kappa shape index (κ3) is 2.37. The third-order valence-corrected chi connectivity index (χ3v) is 4.48. The molecule has 0 aliphatic rings. The van der Waals surface area contributed by atoms with Crippen LogP contribution < -0.4 is 0 Å². The summed E-state index contributed by atoms with van der Waals surface area (Å²) in [6, 6.07) is 2.04. The van der Waals surface area contributed by atoms with Gasteiger partial charge in [-0.2, -0.15) is 0 Å². The summed E-state index contributed by atoms with van der Waals surface area (Å²) in [5.74, 6) is 1.47. The van der Waals surface area contributed by atoms with Gasteiger partial charge in [0.25, 0.3) is 5.22 Å². The molecule has 0 atom stereocenters. The van der Waals surface area contributed by atoms with Crippen LogP contribution in [-0.4, -0.2) is 10.2 Å². The molecule has 0 amide bonds. The van der Waals surface area contributed by atoms with Crippen molar-refractivity contribution in [1.29, 1.82) is 0 Å². The lowest BCUT2D eigenvalue weighted by Gasteiger charge is -1.93. The fraction of sp³-hybridized carbons (Fsp3) is 0.250. The van der Waals surface area contributed by atoms with E-state index in [0.717, 1.165) is 10.2 Å². The zero-order chi connectivity index (χ0) is 9.97. The Bertz CT molecular complexity index is 426. The molecule has 2 aromatic rings. The summed E-state index contributed by atoms with van der Waals surface area (Å²) in [4.78, 5) is 1.28. The lowest BCUT2D eigenvalue weighted by Crippen LogP contribution is -1.76. The van der Waals surface area contributed by atoms with Crippen LogP contribution in [0.1, 0.15) is 10.8 Å². The Labute approximate surface area is 98.1 Å². The van der Waals surface area contributed by atoms with Gasteiger partial charge in [0.15, 0.2) is 0 Å². The highest BCUT2D eigenvalue weighted by atomic mass is 79.9. The molecule has 0 saturated carbocycles. The van der Waals surface area contributed by atoms with Gasteiger partial charge in [-0.3, -0.25) is 0 Å². The standard InChI is InChI=1S/C8H7BrN2OS2/c1-5-10-11-8(12-5)14-4-7-6(9)2-3-13-7/h2-3H,4H2,1H3. The van der Waals surface area contributed by atoms with Crippen LogP contribution in [0.5, 0.6) is 0 Å². The van der Waals surface area contributed by atoms with Crippen LogP contribution in [0.15, 0.2) is 25.6 Å². The first kappa shape index (κ1) is 10.2. The van der Waals surface area contributed by atoms with Gasteiger partial charge in [-0.05, 0) is 27.4 Å². The highest BCUT2D eigenvalue weighted by Crippen LogP contribution is 2.29. The molecule has 2 heterocycles. The van der Waals surface area contributed by atoms with E-state index in [1.807, 2.05) is 6.07 Å². The number of halogens is 1. The monoisotopic (exact) mass is 290 g/mol. The van der Waals surface area contributed by atoms with Crippen molar-refractivity contribution in [3.63, 3.8) is 0 Å². The van der Waals surface area contributed by atoms with Crippen LogP contribution in [0.2, 0.25) is 0 Å². The molecule has 0 aliphatic carbocycles. The van der Waals surface area contributed by atoms with Crippen LogP contribution >= 0.6 is 39.0 Å². The van der Waals surface area contributed by atoms with E-state index in [1.54, 1.807) is 30.0 Å². The van der Waals surface area contributed by atoms with Crippen molar-refractivity contribution in [2.24, 2.45) is 0 Å². The topological polar surface area (TPSA) is 38.9 Å². The molecule has 74 valence electrons. The quantitative estimate of drug-likeness (QED) is 0.811. The summed E-state index contributed by atoms with van der Waals surface area (Å²) in [6.45, 7) is 1.79. The number of aryl methyl sites for hydroxylation is 1. The maximum atomic E-state index is 5.25. The Morgan fingerprint density at radius 2 is 2.43 bits per heavy atom. The molecule has 2 aromatic heterocycles. The molecule has 0 aromatic carbocycles. The van der Waals surface area contributed by atoms with Crippen LogP contribution in [0.25, 0.3) is 0 Å². The molecule has 0 fully saturated rings.